The van der Waals surface area contributed by atoms with Crippen LogP contribution in [-0.2, 0) is 10.0 Å². The lowest BCUT2D eigenvalue weighted by atomic mass is 10.1. The fourth-order valence-corrected chi connectivity index (χ4v) is 4.70. The van der Waals surface area contributed by atoms with Gasteiger partial charge in [0.05, 0.1) is 4.90 Å². The molecule has 2 aromatic rings. The molecule has 150 valence electrons. The van der Waals surface area contributed by atoms with Gasteiger partial charge in [0, 0.05) is 44.0 Å². The second-order valence-corrected chi connectivity index (χ2v) is 8.64. The molecule has 0 spiro atoms. The van der Waals surface area contributed by atoms with Crippen LogP contribution in [0.1, 0.15) is 22.8 Å². The second-order valence-electron chi connectivity index (χ2n) is 6.70. The maximum atomic E-state index is 13.1. The highest BCUT2D eigenvalue weighted by Crippen LogP contribution is 2.23. The molecule has 6 nitrogen and oxygen atoms in total. The standard InChI is InChI=1S/C20H24FN3O3S/c1-3-22-20(25)19-14-18(9-4-15(19)2)28(26,27)24-12-10-23(11-13-24)17-7-5-16(21)6-8-17/h4-9,14H,3,10-13H2,1-2H3,(H,22,25). The number of piperazine rings is 1. The summed E-state index contributed by atoms with van der Waals surface area (Å²) in [4.78, 5) is 14.3. The van der Waals surface area contributed by atoms with Gasteiger partial charge in [-0.05, 0) is 55.8 Å². The molecular weight excluding hydrogens is 381 g/mol. The zero-order chi connectivity index (χ0) is 20.3. The largest absolute Gasteiger partial charge is 0.369 e. The number of halogens is 1. The summed E-state index contributed by atoms with van der Waals surface area (Å²) >= 11 is 0. The second kappa shape index (κ2) is 8.28. The number of nitrogens with zero attached hydrogens (tertiary/aromatic N) is 2. The molecule has 1 fully saturated rings. The lowest BCUT2D eigenvalue weighted by Crippen LogP contribution is -2.48. The van der Waals surface area contributed by atoms with Gasteiger partial charge in [-0.2, -0.15) is 4.31 Å². The first-order valence-electron chi connectivity index (χ1n) is 9.22. The van der Waals surface area contributed by atoms with Gasteiger partial charge in [0.15, 0.2) is 0 Å². The minimum absolute atomic E-state index is 0.120. The zero-order valence-electron chi connectivity index (χ0n) is 16.0. The SMILES string of the molecule is CCNC(=O)c1cc(S(=O)(=O)N2CCN(c3ccc(F)cc3)CC2)ccc1C. The molecule has 1 amide bonds. The Balaban J connectivity index is 1.76. The zero-order valence-corrected chi connectivity index (χ0v) is 16.8. The van der Waals surface area contributed by atoms with Gasteiger partial charge in [0.1, 0.15) is 5.82 Å². The number of anilines is 1. The predicted molar refractivity (Wildman–Crippen MR) is 107 cm³/mol. The van der Waals surface area contributed by atoms with Crippen molar-refractivity contribution < 1.29 is 17.6 Å². The van der Waals surface area contributed by atoms with Gasteiger partial charge >= 0.3 is 0 Å². The van der Waals surface area contributed by atoms with Crippen LogP contribution in [0.15, 0.2) is 47.4 Å². The minimum Gasteiger partial charge on any atom is -0.369 e. The molecule has 1 saturated heterocycles. The molecule has 1 N–H and O–H groups in total. The van der Waals surface area contributed by atoms with Gasteiger partial charge in [0.25, 0.3) is 5.91 Å². The van der Waals surface area contributed by atoms with E-state index < -0.39 is 10.0 Å². The van der Waals surface area contributed by atoms with Crippen molar-refractivity contribution in [2.24, 2.45) is 0 Å². The number of hydrogen-bond donors (Lipinski definition) is 1. The van der Waals surface area contributed by atoms with Gasteiger partial charge in [-0.3, -0.25) is 4.79 Å². The highest BCUT2D eigenvalue weighted by molar-refractivity contribution is 7.89. The summed E-state index contributed by atoms with van der Waals surface area (Å²) in [6.45, 7) is 5.74. The summed E-state index contributed by atoms with van der Waals surface area (Å²) in [5.74, 6) is -0.578. The van der Waals surface area contributed by atoms with E-state index in [0.717, 1.165) is 11.3 Å². The van der Waals surface area contributed by atoms with E-state index in [1.807, 2.05) is 11.8 Å². The molecule has 2 aromatic carbocycles. The Labute approximate surface area is 165 Å². The molecule has 0 saturated carbocycles. The van der Waals surface area contributed by atoms with Crippen molar-refractivity contribution in [3.05, 3.63) is 59.4 Å². The van der Waals surface area contributed by atoms with Crippen LogP contribution in [0.5, 0.6) is 0 Å². The number of rotatable bonds is 5. The molecule has 1 aliphatic heterocycles. The van der Waals surface area contributed by atoms with E-state index in [0.29, 0.717) is 38.3 Å². The number of sulfonamides is 1. The fourth-order valence-electron chi connectivity index (χ4n) is 3.25. The average molecular weight is 405 g/mol. The van der Waals surface area contributed by atoms with E-state index in [1.165, 1.54) is 22.5 Å². The Hall–Kier alpha value is -2.45. The van der Waals surface area contributed by atoms with Crippen molar-refractivity contribution in [1.82, 2.24) is 9.62 Å². The molecule has 28 heavy (non-hydrogen) atoms. The first-order chi connectivity index (χ1) is 13.3. The average Bonchev–Trinajstić information content (AvgIpc) is 2.69. The molecule has 0 aliphatic carbocycles. The first-order valence-corrected chi connectivity index (χ1v) is 10.7. The first kappa shape index (κ1) is 20.3. The number of aryl methyl sites for hydroxylation is 1. The Kier molecular flexibility index (Phi) is 6.00. The van der Waals surface area contributed by atoms with Gasteiger partial charge in [-0.15, -0.1) is 0 Å². The molecule has 0 atom stereocenters. The lowest BCUT2D eigenvalue weighted by molar-refractivity contribution is 0.0955. The van der Waals surface area contributed by atoms with E-state index >= 15 is 0 Å². The maximum Gasteiger partial charge on any atom is 0.251 e. The van der Waals surface area contributed by atoms with Crippen LogP contribution in [0.2, 0.25) is 0 Å². The van der Waals surface area contributed by atoms with Gasteiger partial charge in [-0.25, -0.2) is 12.8 Å². The molecule has 3 rings (SSSR count). The highest BCUT2D eigenvalue weighted by Gasteiger charge is 2.29. The fraction of sp³-hybridized carbons (Fsp3) is 0.350. The van der Waals surface area contributed by atoms with E-state index in [1.54, 1.807) is 31.2 Å². The third-order valence-electron chi connectivity index (χ3n) is 4.86. The number of carbonyl (C=O) groups is 1. The summed E-state index contributed by atoms with van der Waals surface area (Å²) < 4.78 is 40.6. The summed E-state index contributed by atoms with van der Waals surface area (Å²) in [5, 5.41) is 2.71. The normalized spacial score (nSPS) is 15.5. The van der Waals surface area contributed by atoms with Crippen molar-refractivity contribution in [1.29, 1.82) is 0 Å². The number of hydrogen-bond acceptors (Lipinski definition) is 4. The molecule has 1 aliphatic rings. The molecule has 1 heterocycles. The van der Waals surface area contributed by atoms with Gasteiger partial charge < -0.3 is 10.2 Å². The van der Waals surface area contributed by atoms with Crippen LogP contribution < -0.4 is 10.2 Å². The smallest absolute Gasteiger partial charge is 0.251 e. The number of nitrogens with one attached hydrogen (secondary N) is 1. The van der Waals surface area contributed by atoms with E-state index in [9.17, 15) is 17.6 Å². The van der Waals surface area contributed by atoms with Crippen molar-refractivity contribution >= 4 is 21.6 Å². The maximum absolute atomic E-state index is 13.1. The van der Waals surface area contributed by atoms with Crippen LogP contribution in [0.3, 0.4) is 0 Å². The predicted octanol–water partition coefficient (Wildman–Crippen LogP) is 2.39. The van der Waals surface area contributed by atoms with Crippen LogP contribution in [0, 0.1) is 12.7 Å². The van der Waals surface area contributed by atoms with Crippen molar-refractivity contribution in [3.8, 4) is 0 Å². The minimum atomic E-state index is -3.70. The van der Waals surface area contributed by atoms with E-state index in [-0.39, 0.29) is 16.6 Å². The Bertz CT molecular complexity index is 953. The quantitative estimate of drug-likeness (QED) is 0.829. The van der Waals surface area contributed by atoms with E-state index in [4.69, 9.17) is 0 Å². The Morgan fingerprint density at radius 1 is 1.07 bits per heavy atom. The lowest BCUT2D eigenvalue weighted by Gasteiger charge is -2.35. The van der Waals surface area contributed by atoms with Crippen molar-refractivity contribution in [3.63, 3.8) is 0 Å². The van der Waals surface area contributed by atoms with Gasteiger partial charge in [-0.1, -0.05) is 6.07 Å². The van der Waals surface area contributed by atoms with Crippen LogP contribution in [0.25, 0.3) is 0 Å². The Morgan fingerprint density at radius 3 is 2.32 bits per heavy atom. The van der Waals surface area contributed by atoms with Crippen LogP contribution in [-0.4, -0.2) is 51.4 Å². The molecular formula is C20H24FN3O3S. The highest BCUT2D eigenvalue weighted by atomic mass is 32.2. The monoisotopic (exact) mass is 405 g/mol. The number of amides is 1. The molecule has 8 heteroatoms. The van der Waals surface area contributed by atoms with E-state index in [2.05, 4.69) is 5.32 Å². The van der Waals surface area contributed by atoms with Crippen LogP contribution in [0.4, 0.5) is 10.1 Å². The summed E-state index contributed by atoms with van der Waals surface area (Å²) in [6, 6.07) is 10.8. The third kappa shape index (κ3) is 4.18. The van der Waals surface area contributed by atoms with Crippen LogP contribution >= 0.6 is 0 Å². The molecule has 0 radical (unpaired) electrons. The summed E-state index contributed by atoms with van der Waals surface area (Å²) in [5.41, 5.74) is 1.96. The third-order valence-corrected chi connectivity index (χ3v) is 6.75. The molecule has 0 unspecified atom stereocenters. The number of carbonyl (C=O) groups excluding carboxylic acids is 1. The molecule has 0 aromatic heterocycles. The summed E-state index contributed by atoms with van der Waals surface area (Å²) in [6.07, 6.45) is 0. The Morgan fingerprint density at radius 2 is 1.71 bits per heavy atom. The summed E-state index contributed by atoms with van der Waals surface area (Å²) in [7, 11) is -3.70. The molecule has 0 bridgehead atoms. The van der Waals surface area contributed by atoms with Gasteiger partial charge in [0.2, 0.25) is 10.0 Å². The number of benzene rings is 2. The van der Waals surface area contributed by atoms with Crippen molar-refractivity contribution in [2.45, 2.75) is 18.7 Å². The topological polar surface area (TPSA) is 69.7 Å². The van der Waals surface area contributed by atoms with Crippen molar-refractivity contribution in [2.75, 3.05) is 37.6 Å².